The molecule has 0 bridgehead atoms. The van der Waals surface area contributed by atoms with Crippen LogP contribution in [0, 0.1) is 3.57 Å². The van der Waals surface area contributed by atoms with E-state index < -0.39 is 0 Å². The minimum Gasteiger partial charge on any atom is -0.346 e. The molecule has 17 heavy (non-hydrogen) atoms. The molecule has 1 unspecified atom stereocenters. The number of halogens is 3. The van der Waals surface area contributed by atoms with Gasteiger partial charge in [0.2, 0.25) is 0 Å². The van der Waals surface area contributed by atoms with Gasteiger partial charge in [-0.1, -0.05) is 18.5 Å². The van der Waals surface area contributed by atoms with E-state index in [4.69, 9.17) is 23.2 Å². The Hall–Kier alpha value is -0.0000000000000000555. The molecule has 1 aromatic carbocycles. The van der Waals surface area contributed by atoms with Gasteiger partial charge in [0.1, 0.15) is 0 Å². The van der Waals surface area contributed by atoms with E-state index in [0.717, 1.165) is 9.99 Å². The lowest BCUT2D eigenvalue weighted by Crippen LogP contribution is -2.47. The highest BCUT2D eigenvalue weighted by molar-refractivity contribution is 14.1. The Morgan fingerprint density at radius 2 is 2.18 bits per heavy atom. The van der Waals surface area contributed by atoms with Crippen molar-refractivity contribution in [3.8, 4) is 0 Å². The molecule has 1 aromatic rings. The van der Waals surface area contributed by atoms with Gasteiger partial charge in [0, 0.05) is 15.0 Å². The predicted molar refractivity (Wildman–Crippen MR) is 81.1 cm³/mol. The fourth-order valence-electron chi connectivity index (χ4n) is 1.20. The van der Waals surface area contributed by atoms with Crippen LogP contribution in [0.25, 0.3) is 0 Å². The van der Waals surface area contributed by atoms with Gasteiger partial charge in [-0.3, -0.25) is 4.79 Å². The van der Waals surface area contributed by atoms with Crippen LogP contribution in [0.5, 0.6) is 0 Å². The summed E-state index contributed by atoms with van der Waals surface area (Å²) in [5, 5.41) is 3.51. The number of alkyl halides is 1. The van der Waals surface area contributed by atoms with Gasteiger partial charge in [0.15, 0.2) is 0 Å². The maximum atomic E-state index is 12.0. The first-order valence-electron chi connectivity index (χ1n) is 5.25. The number of rotatable bonds is 4. The van der Waals surface area contributed by atoms with Gasteiger partial charge >= 0.3 is 0 Å². The molecule has 94 valence electrons. The molecule has 0 aliphatic heterocycles. The summed E-state index contributed by atoms with van der Waals surface area (Å²) in [4.78, 5) is 12.0. The standard InChI is InChI=1S/C12H14Cl2INO/c1-3-12(2,7-13)16-11(17)8-4-5-10(15)9(14)6-8/h4-6H,3,7H2,1-2H3,(H,16,17). The molecule has 0 heterocycles. The lowest BCUT2D eigenvalue weighted by molar-refractivity contribution is 0.0912. The Labute approximate surface area is 125 Å². The number of amides is 1. The van der Waals surface area contributed by atoms with E-state index in [9.17, 15) is 4.79 Å². The molecule has 0 aromatic heterocycles. The largest absolute Gasteiger partial charge is 0.346 e. The minimum absolute atomic E-state index is 0.145. The van der Waals surface area contributed by atoms with Gasteiger partial charge in [-0.05, 0) is 54.1 Å². The number of benzene rings is 1. The van der Waals surface area contributed by atoms with E-state index in [1.54, 1.807) is 12.1 Å². The van der Waals surface area contributed by atoms with E-state index in [1.165, 1.54) is 0 Å². The molecule has 1 amide bonds. The molecule has 0 fully saturated rings. The van der Waals surface area contributed by atoms with Crippen LogP contribution in [0.15, 0.2) is 18.2 Å². The first kappa shape index (κ1) is 15.1. The number of nitrogens with one attached hydrogen (secondary N) is 1. The SMILES string of the molecule is CCC(C)(CCl)NC(=O)c1ccc(I)c(Cl)c1. The molecule has 0 aliphatic rings. The Kier molecular flexibility index (Phi) is 5.54. The third-order valence-electron chi connectivity index (χ3n) is 2.67. The molecule has 1 N–H and O–H groups in total. The number of carbonyl (C=O) groups excluding carboxylic acids is 1. The maximum Gasteiger partial charge on any atom is 0.251 e. The van der Waals surface area contributed by atoms with Crippen LogP contribution in [0.4, 0.5) is 0 Å². The van der Waals surface area contributed by atoms with E-state index >= 15 is 0 Å². The fourth-order valence-corrected chi connectivity index (χ4v) is 1.97. The van der Waals surface area contributed by atoms with Crippen LogP contribution in [-0.2, 0) is 0 Å². The van der Waals surface area contributed by atoms with Crippen LogP contribution in [0.1, 0.15) is 30.6 Å². The molecule has 5 heteroatoms. The first-order chi connectivity index (χ1) is 7.91. The Morgan fingerprint density at radius 3 is 2.65 bits per heavy atom. The molecule has 0 saturated carbocycles. The maximum absolute atomic E-state index is 12.0. The van der Waals surface area contributed by atoms with Crippen molar-refractivity contribution in [1.82, 2.24) is 5.32 Å². The summed E-state index contributed by atoms with van der Waals surface area (Å²) in [7, 11) is 0. The van der Waals surface area contributed by atoms with Gasteiger partial charge < -0.3 is 5.32 Å². The second-order valence-electron chi connectivity index (χ2n) is 4.13. The molecule has 0 saturated heterocycles. The van der Waals surface area contributed by atoms with Gasteiger partial charge in [-0.2, -0.15) is 0 Å². The molecular weight excluding hydrogens is 372 g/mol. The normalized spacial score (nSPS) is 14.2. The van der Waals surface area contributed by atoms with Crippen LogP contribution in [0.3, 0.4) is 0 Å². The van der Waals surface area contributed by atoms with E-state index in [1.807, 2.05) is 19.9 Å². The van der Waals surface area contributed by atoms with E-state index in [2.05, 4.69) is 27.9 Å². The Morgan fingerprint density at radius 1 is 1.53 bits per heavy atom. The summed E-state index contributed by atoms with van der Waals surface area (Å²) < 4.78 is 0.927. The zero-order valence-electron chi connectivity index (χ0n) is 9.69. The highest BCUT2D eigenvalue weighted by atomic mass is 127. The van der Waals surface area contributed by atoms with Crippen LogP contribution in [-0.4, -0.2) is 17.3 Å². The van der Waals surface area contributed by atoms with Crippen LogP contribution >= 0.6 is 45.8 Å². The monoisotopic (exact) mass is 385 g/mol. The summed E-state index contributed by atoms with van der Waals surface area (Å²) in [6.45, 7) is 3.91. The fraction of sp³-hybridized carbons (Fsp3) is 0.417. The van der Waals surface area contributed by atoms with Crippen molar-refractivity contribution in [2.24, 2.45) is 0 Å². The Balaban J connectivity index is 2.86. The quantitative estimate of drug-likeness (QED) is 0.614. The topological polar surface area (TPSA) is 29.1 Å². The van der Waals surface area contributed by atoms with Crippen molar-refractivity contribution < 1.29 is 4.79 Å². The molecular formula is C12H14Cl2INO. The third-order valence-corrected chi connectivity index (χ3v) is 4.83. The summed E-state index contributed by atoms with van der Waals surface area (Å²) in [5.74, 6) is 0.237. The van der Waals surface area contributed by atoms with Crippen molar-refractivity contribution >= 4 is 51.7 Å². The van der Waals surface area contributed by atoms with Gasteiger partial charge in [0.05, 0.1) is 10.6 Å². The third kappa shape index (κ3) is 4.00. The van der Waals surface area contributed by atoms with Gasteiger partial charge in [0.25, 0.3) is 5.91 Å². The lowest BCUT2D eigenvalue weighted by Gasteiger charge is -2.27. The van der Waals surface area contributed by atoms with Crippen molar-refractivity contribution in [3.05, 3.63) is 32.4 Å². The number of hydrogen-bond acceptors (Lipinski definition) is 1. The summed E-state index contributed by atoms with van der Waals surface area (Å²) in [6, 6.07) is 5.25. The van der Waals surface area contributed by atoms with Crippen molar-refractivity contribution in [2.75, 3.05) is 5.88 Å². The molecule has 1 atom stereocenters. The average Bonchev–Trinajstić information content (AvgIpc) is 2.32. The van der Waals surface area contributed by atoms with Crippen LogP contribution < -0.4 is 5.32 Å². The molecule has 1 rings (SSSR count). The van der Waals surface area contributed by atoms with Gasteiger partial charge in [-0.25, -0.2) is 0 Å². The van der Waals surface area contributed by atoms with E-state index in [0.29, 0.717) is 16.5 Å². The zero-order chi connectivity index (χ0) is 13.1. The number of hydrogen-bond donors (Lipinski definition) is 1. The van der Waals surface area contributed by atoms with Crippen molar-refractivity contribution in [3.63, 3.8) is 0 Å². The van der Waals surface area contributed by atoms with Gasteiger partial charge in [-0.15, -0.1) is 11.6 Å². The predicted octanol–water partition coefficient (Wildman–Crippen LogP) is 4.08. The first-order valence-corrected chi connectivity index (χ1v) is 7.24. The smallest absolute Gasteiger partial charge is 0.251 e. The second-order valence-corrected chi connectivity index (χ2v) is 5.97. The number of carbonyl (C=O) groups is 1. The summed E-state index contributed by atoms with van der Waals surface area (Å²) in [6.07, 6.45) is 0.778. The highest BCUT2D eigenvalue weighted by Crippen LogP contribution is 2.20. The second kappa shape index (κ2) is 6.25. The minimum atomic E-state index is -0.381. The summed E-state index contributed by atoms with van der Waals surface area (Å²) in [5.41, 5.74) is 0.175. The van der Waals surface area contributed by atoms with Crippen molar-refractivity contribution in [1.29, 1.82) is 0 Å². The molecule has 0 spiro atoms. The summed E-state index contributed by atoms with van der Waals surface area (Å²) >= 11 is 14.0. The van der Waals surface area contributed by atoms with Crippen molar-refractivity contribution in [2.45, 2.75) is 25.8 Å². The average molecular weight is 386 g/mol. The lowest BCUT2D eigenvalue weighted by atomic mass is 10.0. The Bertz CT molecular complexity index is 419. The molecule has 2 nitrogen and oxygen atoms in total. The zero-order valence-corrected chi connectivity index (χ0v) is 13.4. The highest BCUT2D eigenvalue weighted by Gasteiger charge is 2.23. The van der Waals surface area contributed by atoms with Crippen LogP contribution in [0.2, 0.25) is 5.02 Å². The van der Waals surface area contributed by atoms with E-state index in [-0.39, 0.29) is 11.4 Å². The molecule has 0 aliphatic carbocycles. The molecule has 0 radical (unpaired) electrons.